The van der Waals surface area contributed by atoms with Crippen molar-refractivity contribution in [1.82, 2.24) is 0 Å². The van der Waals surface area contributed by atoms with Crippen LogP contribution in [0.15, 0.2) is 71.4 Å². The molecule has 0 radical (unpaired) electrons. The number of hydrogen-bond donors (Lipinski definition) is 2. The lowest BCUT2D eigenvalue weighted by Crippen LogP contribution is -2.32. The van der Waals surface area contributed by atoms with Crippen molar-refractivity contribution in [3.05, 3.63) is 92.6 Å². The van der Waals surface area contributed by atoms with Crippen molar-refractivity contribution in [1.29, 1.82) is 0 Å². The lowest BCUT2D eigenvalue weighted by Gasteiger charge is -2.16. The summed E-state index contributed by atoms with van der Waals surface area (Å²) in [5, 5.41) is 6.13. The Morgan fingerprint density at radius 2 is 1.60 bits per heavy atom. The molecular weight excluding hydrogens is 513 g/mol. The summed E-state index contributed by atoms with van der Waals surface area (Å²) in [6, 6.07) is 16.0. The summed E-state index contributed by atoms with van der Waals surface area (Å²) in [5.41, 5.74) is 2.12. The zero-order valence-corrected chi connectivity index (χ0v) is 20.8. The van der Waals surface area contributed by atoms with E-state index in [1.807, 2.05) is 0 Å². The average Bonchev–Trinajstić information content (AvgIpc) is 3.05. The SMILES string of the molecule is COc1ccc(N2C(=O)C(Cl)=C(Nc3cc(C(=O)Nc4ccc(Cl)cc4Cl)ccc3C)C2=O)cc1. The van der Waals surface area contributed by atoms with E-state index in [-0.39, 0.29) is 10.7 Å². The lowest BCUT2D eigenvalue weighted by atomic mass is 10.1. The fourth-order valence-corrected chi connectivity index (χ4v) is 4.06. The van der Waals surface area contributed by atoms with Gasteiger partial charge in [0.1, 0.15) is 16.5 Å². The first kappa shape index (κ1) is 24.6. The van der Waals surface area contributed by atoms with Gasteiger partial charge in [-0.3, -0.25) is 14.4 Å². The van der Waals surface area contributed by atoms with Gasteiger partial charge in [-0.25, -0.2) is 4.90 Å². The normalized spacial score (nSPS) is 13.3. The molecule has 3 aromatic rings. The Hall–Kier alpha value is -3.52. The highest BCUT2D eigenvalue weighted by Gasteiger charge is 2.39. The third-order valence-corrected chi connectivity index (χ3v) is 6.20. The standard InChI is InChI=1S/C25H18Cl3N3O4/c1-13-3-4-14(23(32)30-19-10-5-15(26)12-18(19)27)11-20(13)29-22-21(28)24(33)31(25(22)34)16-6-8-17(35-2)9-7-16/h3-12,29H,1-2H3,(H,30,32). The number of halogens is 3. The van der Waals surface area contributed by atoms with Gasteiger partial charge in [0.15, 0.2) is 0 Å². The number of hydrogen-bond acceptors (Lipinski definition) is 5. The van der Waals surface area contributed by atoms with Gasteiger partial charge in [-0.2, -0.15) is 0 Å². The van der Waals surface area contributed by atoms with Gasteiger partial charge < -0.3 is 15.4 Å². The molecule has 3 amide bonds. The molecular formula is C25H18Cl3N3O4. The maximum atomic E-state index is 13.1. The largest absolute Gasteiger partial charge is 0.497 e. The minimum absolute atomic E-state index is 0.0890. The van der Waals surface area contributed by atoms with Crippen LogP contribution in [0.5, 0.6) is 5.75 Å². The van der Waals surface area contributed by atoms with Crippen molar-refractivity contribution in [2.24, 2.45) is 0 Å². The molecule has 1 aliphatic rings. The van der Waals surface area contributed by atoms with Gasteiger partial charge in [0.05, 0.1) is 23.5 Å². The molecule has 3 aromatic carbocycles. The zero-order valence-electron chi connectivity index (χ0n) is 18.5. The second kappa shape index (κ2) is 10.00. The highest BCUT2D eigenvalue weighted by atomic mass is 35.5. The van der Waals surface area contributed by atoms with E-state index < -0.39 is 17.7 Å². The molecule has 178 valence electrons. The third kappa shape index (κ3) is 4.98. The molecule has 10 heteroatoms. The summed E-state index contributed by atoms with van der Waals surface area (Å²) in [7, 11) is 1.52. The van der Waals surface area contributed by atoms with E-state index in [4.69, 9.17) is 39.5 Å². The van der Waals surface area contributed by atoms with Crippen LogP contribution < -0.4 is 20.3 Å². The number of nitrogens with one attached hydrogen (secondary N) is 2. The zero-order chi connectivity index (χ0) is 25.3. The third-order valence-electron chi connectivity index (χ3n) is 5.30. The Bertz CT molecular complexity index is 1390. The van der Waals surface area contributed by atoms with E-state index in [9.17, 15) is 14.4 Å². The van der Waals surface area contributed by atoms with Crippen molar-refractivity contribution in [3.63, 3.8) is 0 Å². The first-order chi connectivity index (χ1) is 16.7. The van der Waals surface area contributed by atoms with Crippen LogP contribution in [0.25, 0.3) is 0 Å². The van der Waals surface area contributed by atoms with Gasteiger partial charge in [0, 0.05) is 16.3 Å². The van der Waals surface area contributed by atoms with E-state index in [1.165, 1.54) is 13.2 Å². The molecule has 2 N–H and O–H groups in total. The predicted octanol–water partition coefficient (Wildman–Crippen LogP) is 6.00. The molecule has 1 aliphatic heterocycles. The Labute approximate surface area is 216 Å². The van der Waals surface area contributed by atoms with Crippen LogP contribution >= 0.6 is 34.8 Å². The fraction of sp³-hybridized carbons (Fsp3) is 0.0800. The summed E-state index contributed by atoms with van der Waals surface area (Å²) in [6.07, 6.45) is 0. The number of aryl methyl sites for hydroxylation is 1. The number of nitrogens with zero attached hydrogens (tertiary/aromatic N) is 1. The molecule has 0 saturated carbocycles. The minimum Gasteiger partial charge on any atom is -0.497 e. The molecule has 1 heterocycles. The van der Waals surface area contributed by atoms with Crippen LogP contribution in [0.1, 0.15) is 15.9 Å². The Balaban J connectivity index is 1.57. The molecule has 0 aromatic heterocycles. The number of amides is 3. The molecule has 4 rings (SSSR count). The Morgan fingerprint density at radius 1 is 0.886 bits per heavy atom. The Morgan fingerprint density at radius 3 is 2.26 bits per heavy atom. The van der Waals surface area contributed by atoms with Crippen molar-refractivity contribution in [2.75, 3.05) is 22.6 Å². The summed E-state index contributed by atoms with van der Waals surface area (Å²) >= 11 is 18.3. The highest BCUT2D eigenvalue weighted by molar-refractivity contribution is 6.53. The molecule has 0 saturated heterocycles. The first-order valence-corrected chi connectivity index (χ1v) is 11.4. The van der Waals surface area contributed by atoms with E-state index in [1.54, 1.807) is 61.5 Å². The predicted molar refractivity (Wildman–Crippen MR) is 138 cm³/mol. The quantitative estimate of drug-likeness (QED) is 0.382. The van der Waals surface area contributed by atoms with Crippen LogP contribution in [-0.4, -0.2) is 24.8 Å². The van der Waals surface area contributed by atoms with E-state index in [0.717, 1.165) is 10.5 Å². The maximum absolute atomic E-state index is 13.1. The van der Waals surface area contributed by atoms with Gasteiger partial charge in [0.2, 0.25) is 0 Å². The monoisotopic (exact) mass is 529 g/mol. The summed E-state index contributed by atoms with van der Waals surface area (Å²) < 4.78 is 5.12. The molecule has 0 spiro atoms. The molecule has 7 nitrogen and oxygen atoms in total. The second-order valence-corrected chi connectivity index (χ2v) is 8.79. The van der Waals surface area contributed by atoms with Gasteiger partial charge in [0.25, 0.3) is 17.7 Å². The second-order valence-electron chi connectivity index (χ2n) is 7.57. The minimum atomic E-state index is -0.659. The number of methoxy groups -OCH3 is 1. The van der Waals surface area contributed by atoms with Crippen LogP contribution in [0.3, 0.4) is 0 Å². The molecule has 0 unspecified atom stereocenters. The number of ether oxygens (including phenoxy) is 1. The number of carbonyl (C=O) groups excluding carboxylic acids is 3. The van der Waals surface area contributed by atoms with Crippen LogP contribution in [-0.2, 0) is 9.59 Å². The van der Waals surface area contributed by atoms with Gasteiger partial charge in [-0.05, 0) is 67.1 Å². The number of rotatable bonds is 6. The summed E-state index contributed by atoms with van der Waals surface area (Å²) in [6.45, 7) is 1.79. The molecule has 0 fully saturated rings. The number of anilines is 3. The van der Waals surface area contributed by atoms with Crippen molar-refractivity contribution in [2.45, 2.75) is 6.92 Å². The summed E-state index contributed by atoms with van der Waals surface area (Å²) in [5.74, 6) is -1.12. The molecule has 0 aliphatic carbocycles. The van der Waals surface area contributed by atoms with E-state index >= 15 is 0 Å². The highest BCUT2D eigenvalue weighted by Crippen LogP contribution is 2.32. The van der Waals surface area contributed by atoms with Crippen molar-refractivity contribution < 1.29 is 19.1 Å². The van der Waals surface area contributed by atoms with Gasteiger partial charge in [-0.1, -0.05) is 40.9 Å². The fourth-order valence-electron chi connectivity index (χ4n) is 3.40. The Kier molecular flexibility index (Phi) is 7.03. The van der Waals surface area contributed by atoms with E-state index in [0.29, 0.717) is 38.4 Å². The number of carbonyl (C=O) groups is 3. The van der Waals surface area contributed by atoms with E-state index in [2.05, 4.69) is 10.6 Å². The van der Waals surface area contributed by atoms with Crippen LogP contribution in [0.4, 0.5) is 17.1 Å². The maximum Gasteiger partial charge on any atom is 0.283 e. The molecule has 0 bridgehead atoms. The molecule has 0 atom stereocenters. The van der Waals surface area contributed by atoms with Gasteiger partial charge >= 0.3 is 0 Å². The smallest absolute Gasteiger partial charge is 0.283 e. The van der Waals surface area contributed by atoms with Crippen LogP contribution in [0.2, 0.25) is 10.0 Å². The number of imide groups is 1. The average molecular weight is 531 g/mol. The van der Waals surface area contributed by atoms with Crippen molar-refractivity contribution in [3.8, 4) is 5.75 Å². The summed E-state index contributed by atoms with van der Waals surface area (Å²) in [4.78, 5) is 39.6. The van der Waals surface area contributed by atoms with Crippen molar-refractivity contribution >= 4 is 69.6 Å². The topological polar surface area (TPSA) is 87.7 Å². The number of benzene rings is 3. The molecule has 35 heavy (non-hydrogen) atoms. The lowest BCUT2D eigenvalue weighted by molar-refractivity contribution is -0.120. The van der Waals surface area contributed by atoms with Gasteiger partial charge in [-0.15, -0.1) is 0 Å². The van der Waals surface area contributed by atoms with Crippen LogP contribution in [0, 0.1) is 6.92 Å². The first-order valence-electron chi connectivity index (χ1n) is 10.3.